The van der Waals surface area contributed by atoms with Crippen LogP contribution in [0.1, 0.15) is 36.5 Å². The van der Waals surface area contributed by atoms with E-state index in [0.717, 1.165) is 19.6 Å². The zero-order valence-corrected chi connectivity index (χ0v) is 13.3. The van der Waals surface area contributed by atoms with Gasteiger partial charge >= 0.3 is 0 Å². The molecule has 0 spiro atoms. The van der Waals surface area contributed by atoms with E-state index in [4.69, 9.17) is 0 Å². The van der Waals surface area contributed by atoms with Crippen LogP contribution in [0.4, 0.5) is 4.39 Å². The lowest BCUT2D eigenvalue weighted by Crippen LogP contribution is -2.42. The largest absolute Gasteiger partial charge is 0.388 e. The first-order chi connectivity index (χ1) is 9.97. The molecule has 0 radical (unpaired) electrons. The molecular formula is C17H27FN2O. The van der Waals surface area contributed by atoms with Crippen molar-refractivity contribution < 1.29 is 9.50 Å². The van der Waals surface area contributed by atoms with E-state index in [1.54, 1.807) is 13.0 Å². The molecule has 0 bridgehead atoms. The summed E-state index contributed by atoms with van der Waals surface area (Å²) in [5, 5.41) is 10.2. The van der Waals surface area contributed by atoms with Gasteiger partial charge in [-0.2, -0.15) is 0 Å². The minimum Gasteiger partial charge on any atom is -0.388 e. The van der Waals surface area contributed by atoms with Gasteiger partial charge in [-0.25, -0.2) is 4.39 Å². The van der Waals surface area contributed by atoms with Gasteiger partial charge in [0.25, 0.3) is 0 Å². The summed E-state index contributed by atoms with van der Waals surface area (Å²) >= 11 is 0. The third-order valence-electron chi connectivity index (χ3n) is 4.59. The Hall–Kier alpha value is -0.970. The van der Waals surface area contributed by atoms with Crippen molar-refractivity contribution in [3.63, 3.8) is 0 Å². The maximum Gasteiger partial charge on any atom is 0.126 e. The molecule has 1 aromatic rings. The van der Waals surface area contributed by atoms with Gasteiger partial charge in [-0.3, -0.25) is 0 Å². The Morgan fingerprint density at radius 2 is 2.00 bits per heavy atom. The van der Waals surface area contributed by atoms with Crippen LogP contribution in [0.2, 0.25) is 0 Å². The molecule has 0 aromatic heterocycles. The molecule has 21 heavy (non-hydrogen) atoms. The van der Waals surface area contributed by atoms with E-state index in [0.29, 0.717) is 23.6 Å². The fourth-order valence-electron chi connectivity index (χ4n) is 2.95. The summed E-state index contributed by atoms with van der Waals surface area (Å²) in [6.45, 7) is 4.77. The molecule has 1 aromatic carbocycles. The normalized spacial score (nSPS) is 19.1. The minimum atomic E-state index is -0.577. The molecule has 118 valence electrons. The lowest BCUT2D eigenvalue weighted by molar-refractivity contribution is 0.110. The van der Waals surface area contributed by atoms with Crippen LogP contribution in [0, 0.1) is 12.7 Å². The number of aryl methyl sites for hydroxylation is 1. The van der Waals surface area contributed by atoms with Crippen molar-refractivity contribution in [3.8, 4) is 0 Å². The standard InChI is InChI=1S/C17H27FN2O/c1-13-4-5-14(12-16(13)18)17(21)8-11-20-9-6-15(7-10-20)19(2)3/h4-5,12,15,17,21H,6-11H2,1-3H3. The molecular weight excluding hydrogens is 267 g/mol. The van der Waals surface area contributed by atoms with Gasteiger partial charge in [0.1, 0.15) is 5.82 Å². The van der Waals surface area contributed by atoms with Gasteiger partial charge in [0.15, 0.2) is 0 Å². The molecule has 3 nitrogen and oxygen atoms in total. The SMILES string of the molecule is Cc1ccc(C(O)CCN2CCC(N(C)C)CC2)cc1F. The lowest BCUT2D eigenvalue weighted by atomic mass is 10.0. The summed E-state index contributed by atoms with van der Waals surface area (Å²) in [6, 6.07) is 5.69. The van der Waals surface area contributed by atoms with E-state index in [2.05, 4.69) is 23.9 Å². The third kappa shape index (κ3) is 4.50. The van der Waals surface area contributed by atoms with Crippen molar-refractivity contribution in [1.82, 2.24) is 9.80 Å². The van der Waals surface area contributed by atoms with Gasteiger partial charge in [0, 0.05) is 12.6 Å². The average molecular weight is 294 g/mol. The van der Waals surface area contributed by atoms with Gasteiger partial charge in [-0.1, -0.05) is 12.1 Å². The van der Waals surface area contributed by atoms with E-state index >= 15 is 0 Å². The maximum absolute atomic E-state index is 13.5. The van der Waals surface area contributed by atoms with E-state index < -0.39 is 6.10 Å². The number of likely N-dealkylation sites (tertiary alicyclic amines) is 1. The Morgan fingerprint density at radius 1 is 1.33 bits per heavy atom. The van der Waals surface area contributed by atoms with Crippen molar-refractivity contribution in [2.24, 2.45) is 0 Å². The number of halogens is 1. The average Bonchev–Trinajstić information content (AvgIpc) is 2.48. The highest BCUT2D eigenvalue weighted by molar-refractivity contribution is 5.24. The first-order valence-corrected chi connectivity index (χ1v) is 7.80. The van der Waals surface area contributed by atoms with Crippen molar-refractivity contribution in [2.75, 3.05) is 33.7 Å². The fourth-order valence-corrected chi connectivity index (χ4v) is 2.95. The van der Waals surface area contributed by atoms with Gasteiger partial charge < -0.3 is 14.9 Å². The number of aliphatic hydroxyl groups is 1. The van der Waals surface area contributed by atoms with Crippen LogP contribution in [0.15, 0.2) is 18.2 Å². The zero-order valence-electron chi connectivity index (χ0n) is 13.3. The molecule has 0 aliphatic carbocycles. The predicted octanol–water partition coefficient (Wildman–Crippen LogP) is 2.58. The first-order valence-electron chi connectivity index (χ1n) is 7.80. The summed E-state index contributed by atoms with van der Waals surface area (Å²) in [7, 11) is 4.27. The maximum atomic E-state index is 13.5. The summed E-state index contributed by atoms with van der Waals surface area (Å²) in [5.41, 5.74) is 1.30. The Morgan fingerprint density at radius 3 is 2.57 bits per heavy atom. The van der Waals surface area contributed by atoms with Crippen LogP contribution in [0.3, 0.4) is 0 Å². The smallest absolute Gasteiger partial charge is 0.126 e. The molecule has 1 fully saturated rings. The molecule has 1 aliphatic heterocycles. The Kier molecular flexibility index (Phi) is 5.73. The summed E-state index contributed by atoms with van der Waals surface area (Å²) < 4.78 is 13.5. The lowest BCUT2D eigenvalue weighted by Gasteiger charge is -2.35. The van der Waals surface area contributed by atoms with Crippen LogP contribution in [0.25, 0.3) is 0 Å². The van der Waals surface area contributed by atoms with Crippen LogP contribution in [-0.2, 0) is 0 Å². The van der Waals surface area contributed by atoms with Gasteiger partial charge in [0.05, 0.1) is 6.10 Å². The summed E-state index contributed by atoms with van der Waals surface area (Å²) in [5.74, 6) is -0.238. The van der Waals surface area contributed by atoms with Gasteiger partial charge in [-0.15, -0.1) is 0 Å². The minimum absolute atomic E-state index is 0.238. The van der Waals surface area contributed by atoms with E-state index in [1.807, 2.05) is 6.07 Å². The Bertz CT molecular complexity index is 456. The number of nitrogens with zero attached hydrogens (tertiary/aromatic N) is 2. The van der Waals surface area contributed by atoms with Crippen LogP contribution < -0.4 is 0 Å². The molecule has 1 heterocycles. The second-order valence-corrected chi connectivity index (χ2v) is 6.35. The van der Waals surface area contributed by atoms with Crippen molar-refractivity contribution >= 4 is 0 Å². The van der Waals surface area contributed by atoms with Crippen molar-refractivity contribution in [2.45, 2.75) is 38.3 Å². The van der Waals surface area contributed by atoms with Gasteiger partial charge in [-0.05, 0) is 70.6 Å². The quantitative estimate of drug-likeness (QED) is 0.904. The molecule has 1 atom stereocenters. The number of piperidine rings is 1. The van der Waals surface area contributed by atoms with Crippen LogP contribution in [0.5, 0.6) is 0 Å². The van der Waals surface area contributed by atoms with Crippen molar-refractivity contribution in [1.29, 1.82) is 0 Å². The molecule has 4 heteroatoms. The van der Waals surface area contributed by atoms with Crippen molar-refractivity contribution in [3.05, 3.63) is 35.1 Å². The third-order valence-corrected chi connectivity index (χ3v) is 4.59. The van der Waals surface area contributed by atoms with Crippen LogP contribution >= 0.6 is 0 Å². The van der Waals surface area contributed by atoms with E-state index in [-0.39, 0.29) is 5.82 Å². The monoisotopic (exact) mass is 294 g/mol. The second-order valence-electron chi connectivity index (χ2n) is 6.35. The topological polar surface area (TPSA) is 26.7 Å². The van der Waals surface area contributed by atoms with E-state index in [9.17, 15) is 9.50 Å². The molecule has 1 N–H and O–H groups in total. The number of aliphatic hydroxyl groups excluding tert-OH is 1. The number of hydrogen-bond acceptors (Lipinski definition) is 3. The fraction of sp³-hybridized carbons (Fsp3) is 0.647. The highest BCUT2D eigenvalue weighted by Gasteiger charge is 2.21. The van der Waals surface area contributed by atoms with Crippen LogP contribution in [-0.4, -0.2) is 54.7 Å². The Balaban J connectivity index is 1.79. The number of benzene rings is 1. The zero-order chi connectivity index (χ0) is 15.4. The molecule has 0 amide bonds. The molecule has 2 rings (SSSR count). The molecule has 1 saturated heterocycles. The summed E-state index contributed by atoms with van der Waals surface area (Å²) in [6.07, 6.45) is 2.45. The molecule has 0 saturated carbocycles. The summed E-state index contributed by atoms with van der Waals surface area (Å²) in [4.78, 5) is 4.69. The number of hydrogen-bond donors (Lipinski definition) is 1. The first kappa shape index (κ1) is 16.4. The van der Waals surface area contributed by atoms with Gasteiger partial charge in [0.2, 0.25) is 0 Å². The number of rotatable bonds is 5. The second kappa shape index (κ2) is 7.34. The molecule has 1 unspecified atom stereocenters. The predicted molar refractivity (Wildman–Crippen MR) is 83.9 cm³/mol. The van der Waals surface area contributed by atoms with E-state index in [1.165, 1.54) is 18.9 Å². The molecule has 1 aliphatic rings. The highest BCUT2D eigenvalue weighted by atomic mass is 19.1. The highest BCUT2D eigenvalue weighted by Crippen LogP contribution is 2.21. The Labute approximate surface area is 127 Å².